The highest BCUT2D eigenvalue weighted by atomic mass is 19.1. The number of hydrogen-bond acceptors (Lipinski definition) is 5. The maximum atomic E-state index is 15.2. The molecule has 1 aliphatic rings. The van der Waals surface area contributed by atoms with Crippen molar-refractivity contribution in [3.63, 3.8) is 0 Å². The van der Waals surface area contributed by atoms with Gasteiger partial charge in [-0.1, -0.05) is 6.08 Å². The molecule has 1 aliphatic heterocycles. The summed E-state index contributed by atoms with van der Waals surface area (Å²) in [5, 5.41) is 0.930. The lowest BCUT2D eigenvalue weighted by molar-refractivity contribution is 0.0826. The third-order valence-electron chi connectivity index (χ3n) is 6.58. The van der Waals surface area contributed by atoms with Crippen molar-refractivity contribution in [2.75, 3.05) is 32.8 Å². The highest BCUT2D eigenvalue weighted by Crippen LogP contribution is 2.31. The Morgan fingerprint density at radius 2 is 1.95 bits per heavy atom. The molecule has 0 saturated carbocycles. The van der Waals surface area contributed by atoms with Gasteiger partial charge in [0.1, 0.15) is 17.3 Å². The lowest BCUT2D eigenvalue weighted by atomic mass is 9.96. The van der Waals surface area contributed by atoms with Crippen molar-refractivity contribution in [2.24, 2.45) is 7.05 Å². The fourth-order valence-electron chi connectivity index (χ4n) is 4.65. The van der Waals surface area contributed by atoms with E-state index in [1.54, 1.807) is 24.5 Å². The van der Waals surface area contributed by atoms with E-state index in [4.69, 9.17) is 14.0 Å². The molecule has 0 unspecified atom stereocenters. The number of carbonyl (C=O) groups is 1. The molecule has 0 saturated heterocycles. The predicted octanol–water partition coefficient (Wildman–Crippen LogP) is 4.49. The summed E-state index contributed by atoms with van der Waals surface area (Å²) in [6.07, 6.45) is 5.33. The van der Waals surface area contributed by atoms with Crippen LogP contribution in [0.5, 0.6) is 0 Å². The summed E-state index contributed by atoms with van der Waals surface area (Å²) >= 11 is 0. The largest absolute Gasteiger partial charge is 0.397 e. The van der Waals surface area contributed by atoms with Crippen molar-refractivity contribution in [1.29, 1.82) is 0 Å². The van der Waals surface area contributed by atoms with Crippen LogP contribution in [0.15, 0.2) is 54.9 Å². The van der Waals surface area contributed by atoms with Crippen molar-refractivity contribution in [3.8, 4) is 11.3 Å². The topological polar surface area (TPSA) is 80.3 Å². The predicted molar refractivity (Wildman–Crippen MR) is 141 cm³/mol. The van der Waals surface area contributed by atoms with E-state index < -0.39 is 37.1 Å². The molecule has 2 N–H and O–H groups in total. The molecule has 0 aliphatic carbocycles. The van der Waals surface area contributed by atoms with E-state index in [2.05, 4.69) is 14.9 Å². The first-order chi connectivity index (χ1) is 20.1. The second kappa shape index (κ2) is 9.74. The Morgan fingerprint density at radius 1 is 1.16 bits per heavy atom. The molecule has 190 valence electrons. The van der Waals surface area contributed by atoms with Crippen LogP contribution in [0.3, 0.4) is 0 Å². The number of benzene rings is 1. The Hall–Kier alpha value is -4.11. The number of halogens is 2. The van der Waals surface area contributed by atoms with Gasteiger partial charge in [0.2, 0.25) is 0 Å². The number of amides is 1. The third-order valence-corrected chi connectivity index (χ3v) is 6.58. The summed E-state index contributed by atoms with van der Waals surface area (Å²) in [4.78, 5) is 23.4. The number of pyridine rings is 2. The highest BCUT2D eigenvalue weighted by molar-refractivity contribution is 5.94. The van der Waals surface area contributed by atoms with Gasteiger partial charge in [0, 0.05) is 82.8 Å². The van der Waals surface area contributed by atoms with Gasteiger partial charge in [-0.05, 0) is 48.4 Å². The highest BCUT2D eigenvalue weighted by Gasteiger charge is 2.23. The first-order valence-corrected chi connectivity index (χ1v) is 11.6. The average Bonchev–Trinajstić information content (AvgIpc) is 3.23. The van der Waals surface area contributed by atoms with Crippen LogP contribution in [0.4, 0.5) is 14.5 Å². The van der Waals surface area contributed by atoms with Crippen molar-refractivity contribution in [3.05, 3.63) is 83.3 Å². The summed E-state index contributed by atoms with van der Waals surface area (Å²) in [6, 6.07) is 8.93. The van der Waals surface area contributed by atoms with E-state index in [-0.39, 0.29) is 10.5 Å². The Labute approximate surface area is 222 Å². The molecule has 0 atom stereocenters. The molecule has 37 heavy (non-hydrogen) atoms. The van der Waals surface area contributed by atoms with Crippen LogP contribution in [-0.4, -0.2) is 57.3 Å². The van der Waals surface area contributed by atoms with Crippen LogP contribution < -0.4 is 5.73 Å². The zero-order valence-corrected chi connectivity index (χ0v) is 20.0. The van der Waals surface area contributed by atoms with E-state index in [0.29, 0.717) is 49.4 Å². The number of anilines is 1. The number of aromatic nitrogens is 3. The first kappa shape index (κ1) is 18.2. The van der Waals surface area contributed by atoms with Crippen molar-refractivity contribution >= 4 is 28.2 Å². The Balaban J connectivity index is 1.36. The van der Waals surface area contributed by atoms with E-state index in [0.717, 1.165) is 28.0 Å². The number of nitrogen functional groups attached to an aromatic ring is 1. The molecule has 7 nitrogen and oxygen atoms in total. The van der Waals surface area contributed by atoms with Gasteiger partial charge in [-0.2, -0.15) is 0 Å². The Morgan fingerprint density at radius 3 is 2.59 bits per heavy atom. The quantitative estimate of drug-likeness (QED) is 0.430. The second-order valence-corrected chi connectivity index (χ2v) is 8.94. The molecular weight excluding hydrogens is 474 g/mol. The van der Waals surface area contributed by atoms with Gasteiger partial charge in [-0.3, -0.25) is 14.7 Å². The standard InChI is InChI=1S/C28H28F2N6O/c1-34(2)28(37)18-12-23(29)26(24(30)13-18)17-7-10-36(11-8-17)16-20-14-22-21(6-9-32-27(22)35(20)3)25-5-4-19(31)15-33-25/h4-7,9,12-15H,8,10-11,16,31H2,1-3H3/i1D3,2D3. The van der Waals surface area contributed by atoms with E-state index in [9.17, 15) is 4.79 Å². The van der Waals surface area contributed by atoms with E-state index >= 15 is 8.78 Å². The maximum absolute atomic E-state index is 15.2. The number of fused-ring (bicyclic) bond motifs is 1. The number of rotatable bonds is 5. The van der Waals surface area contributed by atoms with Crippen LogP contribution in [0.25, 0.3) is 27.9 Å². The molecule has 4 aromatic rings. The molecular formula is C28H28F2N6O. The minimum atomic E-state index is -3.34. The van der Waals surface area contributed by atoms with E-state index in [1.807, 2.05) is 29.8 Å². The summed E-state index contributed by atoms with van der Waals surface area (Å²) in [5.74, 6) is -3.68. The van der Waals surface area contributed by atoms with Gasteiger partial charge in [0.15, 0.2) is 0 Å². The Kier molecular flexibility index (Phi) is 4.79. The van der Waals surface area contributed by atoms with Gasteiger partial charge in [-0.25, -0.2) is 13.8 Å². The number of aryl methyl sites for hydroxylation is 1. The lowest BCUT2D eigenvalue weighted by Crippen LogP contribution is -2.29. The monoisotopic (exact) mass is 508 g/mol. The van der Waals surface area contributed by atoms with Crippen molar-refractivity contribution < 1.29 is 21.8 Å². The summed E-state index contributed by atoms with van der Waals surface area (Å²) in [5.41, 5.74) is 9.16. The summed E-state index contributed by atoms with van der Waals surface area (Å²) in [6.45, 7) is -5.25. The minimum Gasteiger partial charge on any atom is -0.397 e. The summed E-state index contributed by atoms with van der Waals surface area (Å²) < 4.78 is 76.7. The van der Waals surface area contributed by atoms with Gasteiger partial charge in [0.25, 0.3) is 5.91 Å². The molecule has 4 heterocycles. The lowest BCUT2D eigenvalue weighted by Gasteiger charge is -2.27. The second-order valence-electron chi connectivity index (χ2n) is 8.94. The Bertz CT molecular complexity index is 1700. The number of nitrogens with two attached hydrogens (primary N) is 1. The van der Waals surface area contributed by atoms with Gasteiger partial charge >= 0.3 is 0 Å². The van der Waals surface area contributed by atoms with Crippen LogP contribution in [0.1, 0.15) is 36.3 Å². The molecule has 1 aromatic carbocycles. The molecule has 0 bridgehead atoms. The molecule has 9 heteroatoms. The SMILES string of the molecule is [2H]C([2H])([2H])N(C(=O)c1cc(F)c(C2=CCN(Cc3cc4c(-c5ccc(N)cn5)ccnc4n3C)CC2)c(F)c1)C([2H])([2H])[2H]. The number of carbonyl (C=O) groups excluding carboxylic acids is 1. The van der Waals surface area contributed by atoms with Crippen LogP contribution in [0, 0.1) is 11.6 Å². The smallest absolute Gasteiger partial charge is 0.253 e. The molecule has 0 spiro atoms. The fraction of sp³-hybridized carbons (Fsp3) is 0.250. The fourth-order valence-corrected chi connectivity index (χ4v) is 4.65. The van der Waals surface area contributed by atoms with Crippen molar-refractivity contribution in [2.45, 2.75) is 13.0 Å². The van der Waals surface area contributed by atoms with Crippen LogP contribution >= 0.6 is 0 Å². The average molecular weight is 509 g/mol. The van der Waals surface area contributed by atoms with Crippen molar-refractivity contribution in [1.82, 2.24) is 24.3 Å². The van der Waals surface area contributed by atoms with Crippen LogP contribution in [-0.2, 0) is 13.6 Å². The third kappa shape index (κ3) is 4.70. The molecule has 0 radical (unpaired) electrons. The molecule has 1 amide bonds. The molecule has 0 fully saturated rings. The number of nitrogens with zero attached hydrogens (tertiary/aromatic N) is 5. The van der Waals surface area contributed by atoms with E-state index in [1.165, 1.54) is 0 Å². The first-order valence-electron chi connectivity index (χ1n) is 14.6. The van der Waals surface area contributed by atoms with Gasteiger partial charge < -0.3 is 15.2 Å². The summed E-state index contributed by atoms with van der Waals surface area (Å²) in [7, 11) is 1.92. The van der Waals surface area contributed by atoms with Gasteiger partial charge in [0.05, 0.1) is 17.6 Å². The molecule has 5 rings (SSSR count). The normalized spacial score (nSPS) is 17.2. The molecule has 3 aromatic heterocycles. The minimum absolute atomic E-state index is 0.306. The maximum Gasteiger partial charge on any atom is 0.253 e. The van der Waals surface area contributed by atoms with Crippen LogP contribution in [0.2, 0.25) is 0 Å². The number of hydrogen-bond donors (Lipinski definition) is 1. The zero-order valence-electron chi connectivity index (χ0n) is 26.0. The zero-order chi connectivity index (χ0) is 31.3. The van der Waals surface area contributed by atoms with Gasteiger partial charge in [-0.15, -0.1) is 0 Å².